The number of hydrogen-bond donors (Lipinski definition) is 2. The lowest BCUT2D eigenvalue weighted by Crippen LogP contribution is -2.35. The van der Waals surface area contributed by atoms with Crippen LogP contribution >= 0.6 is 15.9 Å². The molecular formula is C14H16BrN3O2. The number of likely N-dealkylation sites (tertiary alicyclic amines) is 1. The molecule has 1 fully saturated rings. The second-order valence-electron chi connectivity index (χ2n) is 5.21. The van der Waals surface area contributed by atoms with Crippen LogP contribution < -0.4 is 0 Å². The van der Waals surface area contributed by atoms with Crippen LogP contribution in [0.3, 0.4) is 0 Å². The van der Waals surface area contributed by atoms with E-state index < -0.39 is 5.97 Å². The average molecular weight is 338 g/mol. The van der Waals surface area contributed by atoms with E-state index in [0.29, 0.717) is 0 Å². The van der Waals surface area contributed by atoms with Gasteiger partial charge in [-0.05, 0) is 54.0 Å². The standard InChI is InChI=1S/C14H16BrN3O2/c15-12-10-2-1-5-16-13(10)17-11(12)8-18-6-3-9(4-7-18)14(19)20/h1-2,5,9H,3-4,6-8H2,(H,16,17)(H,19,20). The first-order chi connectivity index (χ1) is 9.65. The van der Waals surface area contributed by atoms with Crippen LogP contribution in [0.2, 0.25) is 0 Å². The number of carbonyl (C=O) groups is 1. The van der Waals surface area contributed by atoms with Gasteiger partial charge < -0.3 is 10.1 Å². The molecule has 3 rings (SSSR count). The summed E-state index contributed by atoms with van der Waals surface area (Å²) in [5.74, 6) is -0.847. The van der Waals surface area contributed by atoms with Gasteiger partial charge in [0, 0.05) is 28.3 Å². The highest BCUT2D eigenvalue weighted by Crippen LogP contribution is 2.28. The number of nitrogens with one attached hydrogen (secondary N) is 1. The molecule has 0 spiro atoms. The number of aromatic amines is 1. The summed E-state index contributed by atoms with van der Waals surface area (Å²) in [5, 5.41) is 10.1. The summed E-state index contributed by atoms with van der Waals surface area (Å²) < 4.78 is 1.06. The van der Waals surface area contributed by atoms with Gasteiger partial charge in [0.05, 0.1) is 5.92 Å². The Morgan fingerprint density at radius 1 is 1.50 bits per heavy atom. The Bertz CT molecular complexity index is 632. The molecule has 106 valence electrons. The molecule has 2 aromatic rings. The highest BCUT2D eigenvalue weighted by atomic mass is 79.9. The monoisotopic (exact) mass is 337 g/mol. The first-order valence-electron chi connectivity index (χ1n) is 6.71. The molecule has 0 atom stereocenters. The van der Waals surface area contributed by atoms with Gasteiger partial charge in [0.1, 0.15) is 5.65 Å². The fraction of sp³-hybridized carbons (Fsp3) is 0.429. The van der Waals surface area contributed by atoms with Gasteiger partial charge in [-0.15, -0.1) is 0 Å². The van der Waals surface area contributed by atoms with Crippen molar-refractivity contribution in [2.45, 2.75) is 19.4 Å². The zero-order chi connectivity index (χ0) is 14.1. The third kappa shape index (κ3) is 2.58. The number of fused-ring (bicyclic) bond motifs is 1. The molecule has 2 N–H and O–H groups in total. The summed E-state index contributed by atoms with van der Waals surface area (Å²) in [7, 11) is 0. The van der Waals surface area contributed by atoms with Crippen LogP contribution in [0.25, 0.3) is 11.0 Å². The van der Waals surface area contributed by atoms with E-state index in [9.17, 15) is 4.79 Å². The summed E-state index contributed by atoms with van der Waals surface area (Å²) in [6.45, 7) is 2.45. The summed E-state index contributed by atoms with van der Waals surface area (Å²) in [6.07, 6.45) is 3.23. The van der Waals surface area contributed by atoms with Crippen molar-refractivity contribution in [3.63, 3.8) is 0 Å². The van der Waals surface area contributed by atoms with E-state index in [-0.39, 0.29) is 5.92 Å². The Morgan fingerprint density at radius 2 is 2.25 bits per heavy atom. The fourth-order valence-corrected chi connectivity index (χ4v) is 3.26. The second-order valence-corrected chi connectivity index (χ2v) is 6.00. The minimum atomic E-state index is -0.666. The quantitative estimate of drug-likeness (QED) is 0.903. The van der Waals surface area contributed by atoms with Gasteiger partial charge in [0.15, 0.2) is 0 Å². The first kappa shape index (κ1) is 13.6. The molecule has 2 aromatic heterocycles. The third-order valence-corrected chi connectivity index (χ3v) is 4.80. The van der Waals surface area contributed by atoms with E-state index >= 15 is 0 Å². The molecular weight excluding hydrogens is 322 g/mol. The highest BCUT2D eigenvalue weighted by molar-refractivity contribution is 9.10. The largest absolute Gasteiger partial charge is 0.481 e. The van der Waals surface area contributed by atoms with Crippen LogP contribution in [0.5, 0.6) is 0 Å². The molecule has 20 heavy (non-hydrogen) atoms. The Morgan fingerprint density at radius 3 is 2.90 bits per heavy atom. The summed E-state index contributed by atoms with van der Waals surface area (Å²) in [4.78, 5) is 20.9. The molecule has 1 aliphatic rings. The average Bonchev–Trinajstić information content (AvgIpc) is 2.77. The maximum atomic E-state index is 11.0. The van der Waals surface area contributed by atoms with E-state index in [1.54, 1.807) is 6.20 Å². The number of rotatable bonds is 3. The van der Waals surface area contributed by atoms with Gasteiger partial charge in [-0.3, -0.25) is 9.69 Å². The van der Waals surface area contributed by atoms with Crippen LogP contribution in [0, 0.1) is 5.92 Å². The smallest absolute Gasteiger partial charge is 0.306 e. The van der Waals surface area contributed by atoms with Crippen molar-refractivity contribution in [2.75, 3.05) is 13.1 Å². The molecule has 0 amide bonds. The van der Waals surface area contributed by atoms with Gasteiger partial charge in [-0.1, -0.05) is 0 Å². The van der Waals surface area contributed by atoms with Crippen LogP contribution in [-0.4, -0.2) is 39.0 Å². The van der Waals surface area contributed by atoms with Gasteiger partial charge >= 0.3 is 5.97 Å². The molecule has 0 aromatic carbocycles. The third-order valence-electron chi connectivity index (χ3n) is 3.90. The summed E-state index contributed by atoms with van der Waals surface area (Å²) in [6, 6.07) is 3.95. The number of H-pyrrole nitrogens is 1. The summed E-state index contributed by atoms with van der Waals surface area (Å²) >= 11 is 3.62. The van der Waals surface area contributed by atoms with Crippen LogP contribution in [-0.2, 0) is 11.3 Å². The minimum Gasteiger partial charge on any atom is -0.481 e. The molecule has 0 unspecified atom stereocenters. The van der Waals surface area contributed by atoms with Crippen molar-refractivity contribution in [2.24, 2.45) is 5.92 Å². The van der Waals surface area contributed by atoms with E-state index in [0.717, 1.165) is 53.7 Å². The van der Waals surface area contributed by atoms with Gasteiger partial charge in [-0.25, -0.2) is 4.98 Å². The molecule has 0 saturated carbocycles. The van der Waals surface area contributed by atoms with Crippen molar-refractivity contribution < 1.29 is 9.90 Å². The lowest BCUT2D eigenvalue weighted by molar-refractivity contribution is -0.143. The van der Waals surface area contributed by atoms with Crippen LogP contribution in [0.4, 0.5) is 0 Å². The normalized spacial score (nSPS) is 17.6. The number of carboxylic acid groups (broad SMARTS) is 1. The number of halogens is 1. The summed E-state index contributed by atoms with van der Waals surface area (Å²) in [5.41, 5.74) is 1.99. The van der Waals surface area contributed by atoms with Crippen LogP contribution in [0.1, 0.15) is 18.5 Å². The van der Waals surface area contributed by atoms with Crippen LogP contribution in [0.15, 0.2) is 22.8 Å². The molecule has 0 bridgehead atoms. The van der Waals surface area contributed by atoms with E-state index in [1.165, 1.54) is 0 Å². The molecule has 3 heterocycles. The molecule has 0 radical (unpaired) electrons. The molecule has 5 nitrogen and oxygen atoms in total. The van der Waals surface area contributed by atoms with Crippen molar-refractivity contribution in [1.29, 1.82) is 0 Å². The molecule has 1 aliphatic heterocycles. The van der Waals surface area contributed by atoms with Crippen molar-refractivity contribution >= 4 is 32.9 Å². The SMILES string of the molecule is O=C(O)C1CCN(Cc2[nH]c3ncccc3c2Br)CC1. The topological polar surface area (TPSA) is 69.2 Å². The van der Waals surface area contributed by atoms with Gasteiger partial charge in [-0.2, -0.15) is 0 Å². The number of aliphatic carboxylic acids is 1. The Hall–Kier alpha value is -1.40. The maximum Gasteiger partial charge on any atom is 0.306 e. The van der Waals surface area contributed by atoms with E-state index in [4.69, 9.17) is 5.11 Å². The molecule has 6 heteroatoms. The van der Waals surface area contributed by atoms with Crippen molar-refractivity contribution in [1.82, 2.24) is 14.9 Å². The number of nitrogens with zero attached hydrogens (tertiary/aromatic N) is 2. The van der Waals surface area contributed by atoms with Gasteiger partial charge in [0.2, 0.25) is 0 Å². The predicted molar refractivity (Wildman–Crippen MR) is 79.4 cm³/mol. The van der Waals surface area contributed by atoms with Gasteiger partial charge in [0.25, 0.3) is 0 Å². The highest BCUT2D eigenvalue weighted by Gasteiger charge is 2.25. The zero-order valence-electron chi connectivity index (χ0n) is 11.0. The number of carboxylic acids is 1. The Labute approximate surface area is 125 Å². The van der Waals surface area contributed by atoms with Crippen molar-refractivity contribution in [3.05, 3.63) is 28.5 Å². The molecule has 0 aliphatic carbocycles. The number of aromatic nitrogens is 2. The fourth-order valence-electron chi connectivity index (χ4n) is 2.71. The second kappa shape index (κ2) is 5.54. The zero-order valence-corrected chi connectivity index (χ0v) is 12.6. The number of piperidine rings is 1. The lowest BCUT2D eigenvalue weighted by Gasteiger charge is -2.29. The van der Waals surface area contributed by atoms with E-state index in [2.05, 4.69) is 30.8 Å². The van der Waals surface area contributed by atoms with Crippen molar-refractivity contribution in [3.8, 4) is 0 Å². The minimum absolute atomic E-state index is 0.181. The molecule has 1 saturated heterocycles. The Balaban J connectivity index is 1.71. The first-order valence-corrected chi connectivity index (χ1v) is 7.50. The maximum absolute atomic E-state index is 11.0. The lowest BCUT2D eigenvalue weighted by atomic mass is 9.97. The number of hydrogen-bond acceptors (Lipinski definition) is 3. The number of pyridine rings is 1. The Kier molecular flexibility index (Phi) is 3.76. The van der Waals surface area contributed by atoms with E-state index in [1.807, 2.05) is 12.1 Å². The predicted octanol–water partition coefficient (Wildman–Crippen LogP) is 2.62.